The van der Waals surface area contributed by atoms with E-state index in [0.717, 1.165) is 74.4 Å². The van der Waals surface area contributed by atoms with Crippen LogP contribution in [0.3, 0.4) is 0 Å². The van der Waals surface area contributed by atoms with Crippen molar-refractivity contribution in [3.63, 3.8) is 0 Å². The maximum atomic E-state index is 9.91. The first-order valence-corrected chi connectivity index (χ1v) is 31.0. The highest BCUT2D eigenvalue weighted by Gasteiger charge is 2.41. The highest BCUT2D eigenvalue weighted by Crippen LogP contribution is 2.51. The molecule has 1 aliphatic heterocycles. The fraction of sp³-hybridized carbons (Fsp3) is 0.341. The molecule has 0 radical (unpaired) electrons. The summed E-state index contributed by atoms with van der Waals surface area (Å²) in [5.74, 6) is 1.49. The number of ether oxygens (including phenoxy) is 1. The van der Waals surface area contributed by atoms with Gasteiger partial charge in [-0.05, 0) is 158 Å². The number of nitrogens with zero attached hydrogens (tertiary/aromatic N) is 4. The fourth-order valence-electron chi connectivity index (χ4n) is 12.6. The summed E-state index contributed by atoms with van der Waals surface area (Å²) >= 11 is 0. The van der Waals surface area contributed by atoms with Crippen molar-refractivity contribution in [1.29, 1.82) is 0 Å². The molecule has 8 aromatic carbocycles. The molecule has 10 aromatic rings. The summed E-state index contributed by atoms with van der Waals surface area (Å²) in [6, 6.07) is 44.1. The van der Waals surface area contributed by atoms with E-state index in [1.165, 1.54) is 11.1 Å². The van der Waals surface area contributed by atoms with Crippen LogP contribution in [-0.2, 0) is 37.9 Å². The summed E-state index contributed by atoms with van der Waals surface area (Å²) in [4.78, 5) is 5.22. The molecule has 2 aromatic heterocycles. The van der Waals surface area contributed by atoms with E-state index in [1.807, 2.05) is 107 Å². The van der Waals surface area contributed by atoms with E-state index in [1.54, 1.807) is 0 Å². The van der Waals surface area contributed by atoms with Crippen molar-refractivity contribution in [2.24, 2.45) is 0 Å². The Morgan fingerprint density at radius 1 is 0.471 bits per heavy atom. The van der Waals surface area contributed by atoms with Crippen molar-refractivity contribution in [2.45, 2.75) is 182 Å². The van der Waals surface area contributed by atoms with Crippen molar-refractivity contribution in [3.8, 4) is 50.7 Å². The molecule has 2 aliphatic rings. The number of hydrogen-bond acceptors (Lipinski definition) is 2. The second-order valence-corrected chi connectivity index (χ2v) is 30.9. The van der Waals surface area contributed by atoms with Gasteiger partial charge in [0.1, 0.15) is 17.3 Å². The summed E-state index contributed by atoms with van der Waals surface area (Å²) in [5, 5.41) is 1.02. The van der Waals surface area contributed by atoms with Crippen molar-refractivity contribution in [3.05, 3.63) is 215 Å². The van der Waals surface area contributed by atoms with Crippen molar-refractivity contribution in [1.82, 2.24) is 18.7 Å². The van der Waals surface area contributed by atoms with Gasteiger partial charge in [0, 0.05) is 46.8 Å². The van der Waals surface area contributed by atoms with Gasteiger partial charge in [-0.1, -0.05) is 228 Å². The Balaban J connectivity index is 1.06. The lowest BCUT2D eigenvalue weighted by molar-refractivity contribution is 0.332. The monoisotopic (exact) mass is 1150 g/mol. The predicted octanol–water partition coefficient (Wildman–Crippen LogP) is 22.7. The van der Waals surface area contributed by atoms with Gasteiger partial charge in [-0.3, -0.25) is 4.57 Å². The molecule has 0 spiro atoms. The molecule has 0 atom stereocenters. The summed E-state index contributed by atoms with van der Waals surface area (Å²) in [7, 11) is 0. The number of fused-ring (bicyclic) bond motifs is 5. The first kappa shape index (κ1) is 49.9. The van der Waals surface area contributed by atoms with Crippen LogP contribution in [0.1, 0.15) is 194 Å². The molecule has 1 aliphatic carbocycles. The first-order valence-electron chi connectivity index (χ1n) is 35.0. The van der Waals surface area contributed by atoms with Gasteiger partial charge in [0.2, 0.25) is 11.4 Å². The van der Waals surface area contributed by atoms with Crippen LogP contribution in [0.5, 0.6) is 11.5 Å². The molecule has 0 amide bonds. The number of rotatable bonds is 8. The molecular weight excluding hydrogens is 1060 g/mol. The standard InChI is InChI=1S/C82H90N4O/c1-76(2,3)55-34-31-52(32-35-55)64-45-58(79(10,11)12)46-65(54-41-56(77(4,5)6)44-57(42-54)78(7,8)9)75(64)85-51-84(71-29-22-23-30-72(71)85)59-25-24-26-60(47-59)87-61-36-37-63-62-27-20-21-28-70(62)86(73(63)48-61)74-49-68(80(13,14)15)66(50-83-74)53-33-38-67-69(43-53)82(18,19)40-39-81(67,16)17/h20-38,41-50H,39-40H2,1-19H3/q+2/i20D,21D,27D,28D,31D,32D,34D,35D. The molecule has 0 saturated heterocycles. The minimum absolute atomic E-state index is 0.00205. The molecule has 442 valence electrons. The van der Waals surface area contributed by atoms with E-state index in [9.17, 15) is 8.22 Å². The normalized spacial score (nSPS) is 16.4. The van der Waals surface area contributed by atoms with Crippen LogP contribution < -0.4 is 13.9 Å². The van der Waals surface area contributed by atoms with Gasteiger partial charge in [0.05, 0.1) is 39.2 Å². The molecule has 0 unspecified atom stereocenters. The van der Waals surface area contributed by atoms with Crippen molar-refractivity contribution < 1.29 is 15.7 Å². The molecule has 5 heteroatoms. The van der Waals surface area contributed by atoms with E-state index < -0.39 is 10.8 Å². The zero-order valence-electron chi connectivity index (χ0n) is 62.7. The number of pyridine rings is 1. The third-order valence-corrected chi connectivity index (χ3v) is 18.2. The van der Waals surface area contributed by atoms with Crippen LogP contribution in [0.2, 0.25) is 0 Å². The second kappa shape index (κ2) is 20.8. The molecule has 0 fully saturated rings. The quantitative estimate of drug-likeness (QED) is 0.142. The summed E-state index contributed by atoms with van der Waals surface area (Å²) in [6.07, 6.45) is 4.13. The minimum atomic E-state index is -0.671. The number of para-hydroxylation sites is 3. The molecule has 3 heterocycles. The number of hydrogen-bond donors (Lipinski definition) is 0. The van der Waals surface area contributed by atoms with Gasteiger partial charge in [-0.15, -0.1) is 0 Å². The molecule has 0 bridgehead atoms. The maximum Gasteiger partial charge on any atom is 0.503 e. The Morgan fingerprint density at radius 3 is 1.69 bits per heavy atom. The smallest absolute Gasteiger partial charge is 0.457 e. The highest BCUT2D eigenvalue weighted by atomic mass is 16.5. The second-order valence-electron chi connectivity index (χ2n) is 30.9. The predicted molar refractivity (Wildman–Crippen MR) is 371 cm³/mol. The van der Waals surface area contributed by atoms with E-state index >= 15 is 0 Å². The molecule has 87 heavy (non-hydrogen) atoms. The lowest BCUT2D eigenvalue weighted by Gasteiger charge is -2.42. The van der Waals surface area contributed by atoms with Crippen molar-refractivity contribution in [2.75, 3.05) is 0 Å². The largest absolute Gasteiger partial charge is 0.503 e. The Morgan fingerprint density at radius 2 is 1.06 bits per heavy atom. The van der Waals surface area contributed by atoms with Crippen LogP contribution >= 0.6 is 0 Å². The highest BCUT2D eigenvalue weighted by molar-refractivity contribution is 6.09. The van der Waals surface area contributed by atoms with Crippen LogP contribution in [0.25, 0.3) is 61.0 Å². The van der Waals surface area contributed by atoms with Gasteiger partial charge >= 0.3 is 6.01 Å². The van der Waals surface area contributed by atoms with Crippen LogP contribution in [0, 0.1) is 0 Å². The van der Waals surface area contributed by atoms with Gasteiger partial charge in [0.25, 0.3) is 11.4 Å². The third-order valence-electron chi connectivity index (χ3n) is 18.2. The fourth-order valence-corrected chi connectivity index (χ4v) is 12.6. The van der Waals surface area contributed by atoms with E-state index in [4.69, 9.17) is 12.5 Å². The lowest BCUT2D eigenvalue weighted by Crippen LogP contribution is -2.33. The average molecular weight is 1160 g/mol. The molecule has 12 rings (SSSR count). The molecular formula is C82H90N4O+2. The van der Waals surface area contributed by atoms with E-state index in [2.05, 4.69) is 171 Å². The molecule has 0 N–H and O–H groups in total. The van der Waals surface area contributed by atoms with Crippen LogP contribution in [0.15, 0.2) is 176 Å². The van der Waals surface area contributed by atoms with Gasteiger partial charge in [-0.2, -0.15) is 0 Å². The average Bonchev–Trinajstić information content (AvgIpc) is 1.68. The maximum absolute atomic E-state index is 9.91. The Labute approximate surface area is 530 Å². The van der Waals surface area contributed by atoms with E-state index in [0.29, 0.717) is 55.9 Å². The third kappa shape index (κ3) is 11.0. The van der Waals surface area contributed by atoms with Gasteiger partial charge in [0.15, 0.2) is 0 Å². The van der Waals surface area contributed by atoms with Crippen LogP contribution in [-0.4, -0.2) is 15.6 Å². The van der Waals surface area contributed by atoms with E-state index in [-0.39, 0.29) is 81.0 Å². The summed E-state index contributed by atoms with van der Waals surface area (Å²) in [6.45, 7) is 41.6. The lowest BCUT2D eigenvalue weighted by atomic mass is 9.63. The zero-order chi connectivity index (χ0) is 69.1. The summed E-state index contributed by atoms with van der Waals surface area (Å²) in [5.41, 5.74) is 14.1. The Hall–Kier alpha value is -8.11. The SMILES string of the molecule is [2H]c1c([2H])c(C(C)(C)C)c([2H])c([2H])c1-c1cc(C(C)(C)C)cc(-c2cc(C(C)(C)C)cc(C(C)(C)C)c2)c1[N+]1=C=[N+](c2cccc(Oc3ccc4c5c([2H])c([2H])c([2H])c([2H])c5n(-c5cc(C(C)(C)C)c(-c6ccc7c(c6)C(C)(C)CCC7(C)C)cn5)c4c3)c2)c2ccccc21. The first-order chi connectivity index (χ1) is 44.1. The van der Waals surface area contributed by atoms with Gasteiger partial charge < -0.3 is 4.74 Å². The number of benzene rings is 8. The zero-order valence-corrected chi connectivity index (χ0v) is 54.7. The topological polar surface area (TPSA) is 33.1 Å². The molecule has 5 nitrogen and oxygen atoms in total. The number of aromatic nitrogens is 2. The van der Waals surface area contributed by atoms with Crippen molar-refractivity contribution >= 4 is 50.6 Å². The van der Waals surface area contributed by atoms with Gasteiger partial charge in [-0.25, -0.2) is 4.98 Å². The summed E-state index contributed by atoms with van der Waals surface area (Å²) < 4.78 is 88.4. The Kier molecular flexibility index (Phi) is 11.9. The minimum Gasteiger partial charge on any atom is -0.457 e. The van der Waals surface area contributed by atoms with Crippen LogP contribution in [0.4, 0.5) is 22.7 Å². The Bertz CT molecular complexity index is 4900. The molecule has 0 saturated carbocycles.